The maximum Gasteiger partial charge on any atom is 0.296 e. The molecule has 3 aromatic rings. The summed E-state index contributed by atoms with van der Waals surface area (Å²) in [6.07, 6.45) is 1.01. The first kappa shape index (κ1) is 15.3. The van der Waals surface area contributed by atoms with Crippen LogP contribution >= 0.6 is 0 Å². The first-order valence-corrected chi connectivity index (χ1v) is 7.92. The quantitative estimate of drug-likeness (QED) is 0.736. The molecule has 9 heteroatoms. The Morgan fingerprint density at radius 3 is 2.61 bits per heavy atom. The molecule has 0 aliphatic carbocycles. The van der Waals surface area contributed by atoms with E-state index in [0.29, 0.717) is 17.2 Å². The van der Waals surface area contributed by atoms with Crippen molar-refractivity contribution in [3.8, 4) is 17.2 Å². The third-order valence-electron chi connectivity index (χ3n) is 3.03. The number of hydrogen-bond donors (Lipinski definition) is 1. The van der Waals surface area contributed by atoms with E-state index >= 15 is 0 Å². The molecule has 2 heterocycles. The van der Waals surface area contributed by atoms with Crippen LogP contribution < -0.4 is 0 Å². The highest BCUT2D eigenvalue weighted by atomic mass is 32.2. The number of rotatable bonds is 3. The Bertz CT molecular complexity index is 968. The lowest BCUT2D eigenvalue weighted by Crippen LogP contribution is -2.05. The Morgan fingerprint density at radius 1 is 1.22 bits per heavy atom. The molecule has 0 aliphatic rings. The highest BCUT2D eigenvalue weighted by Crippen LogP contribution is 2.21. The fourth-order valence-corrected chi connectivity index (χ4v) is 2.47. The lowest BCUT2D eigenvalue weighted by molar-refractivity contribution is 0.482. The number of hydrogen-bond acceptors (Lipinski definition) is 5. The fourth-order valence-electron chi connectivity index (χ4n) is 2.04. The molecule has 3 rings (SSSR count). The summed E-state index contributed by atoms with van der Waals surface area (Å²) < 4.78 is 45.9. The molecule has 0 saturated heterocycles. The Labute approximate surface area is 131 Å². The zero-order valence-electron chi connectivity index (χ0n) is 11.9. The van der Waals surface area contributed by atoms with Gasteiger partial charge in [0, 0.05) is 5.56 Å². The summed E-state index contributed by atoms with van der Waals surface area (Å²) in [6, 6.07) is 8.43. The van der Waals surface area contributed by atoms with Gasteiger partial charge in [-0.15, -0.1) is 5.10 Å². The largest absolute Gasteiger partial charge is 0.296 e. The molecule has 2 aromatic heterocycles. The fraction of sp³-hybridized carbons (Fsp3) is 0.0714. The van der Waals surface area contributed by atoms with E-state index in [4.69, 9.17) is 4.55 Å². The van der Waals surface area contributed by atoms with Crippen molar-refractivity contribution in [2.45, 2.75) is 11.8 Å². The van der Waals surface area contributed by atoms with Gasteiger partial charge >= 0.3 is 0 Å². The molecule has 0 radical (unpaired) electrons. The van der Waals surface area contributed by atoms with E-state index in [0.717, 1.165) is 6.20 Å². The molecular weight excluding hydrogens is 323 g/mol. The van der Waals surface area contributed by atoms with Gasteiger partial charge < -0.3 is 0 Å². The molecular formula is C14H11FN4O3S. The van der Waals surface area contributed by atoms with Crippen molar-refractivity contribution in [2.24, 2.45) is 0 Å². The van der Waals surface area contributed by atoms with Gasteiger partial charge in [-0.3, -0.25) is 4.55 Å². The summed E-state index contributed by atoms with van der Waals surface area (Å²) in [5.74, 6) is 0.695. The minimum absolute atomic E-state index is 0.289. The van der Waals surface area contributed by atoms with Gasteiger partial charge in [-0.25, -0.2) is 14.4 Å². The van der Waals surface area contributed by atoms with E-state index in [1.165, 1.54) is 28.9 Å². The standard InChI is InChI=1S/C14H11FN4O3S/c1-9-17-14(10-3-2-4-11(15)7-10)19(18-9)13-6-5-12(8-16-13)23(20,21)22/h2-8H,1H3,(H,20,21,22). The van der Waals surface area contributed by atoms with E-state index < -0.39 is 15.9 Å². The van der Waals surface area contributed by atoms with Crippen LogP contribution in [0.4, 0.5) is 4.39 Å². The monoisotopic (exact) mass is 334 g/mol. The summed E-state index contributed by atoms with van der Waals surface area (Å²) in [5.41, 5.74) is 0.506. The predicted octanol–water partition coefficient (Wildman–Crippen LogP) is 2.02. The zero-order valence-corrected chi connectivity index (χ0v) is 12.7. The van der Waals surface area contributed by atoms with Crippen LogP contribution in [0.1, 0.15) is 5.82 Å². The second-order valence-electron chi connectivity index (χ2n) is 4.73. The van der Waals surface area contributed by atoms with Crippen molar-refractivity contribution in [2.75, 3.05) is 0 Å². The molecule has 0 amide bonds. The molecule has 23 heavy (non-hydrogen) atoms. The van der Waals surface area contributed by atoms with Gasteiger partial charge in [-0.05, 0) is 31.2 Å². The molecule has 0 bridgehead atoms. The molecule has 0 aliphatic heterocycles. The summed E-state index contributed by atoms with van der Waals surface area (Å²) in [5, 5.41) is 4.19. The second-order valence-corrected chi connectivity index (χ2v) is 6.15. The summed E-state index contributed by atoms with van der Waals surface area (Å²) >= 11 is 0. The highest BCUT2D eigenvalue weighted by molar-refractivity contribution is 7.85. The molecule has 1 N–H and O–H groups in total. The normalized spacial score (nSPS) is 11.6. The minimum atomic E-state index is -4.32. The molecule has 0 unspecified atom stereocenters. The second kappa shape index (κ2) is 5.52. The Morgan fingerprint density at radius 2 is 2.00 bits per heavy atom. The lowest BCUT2D eigenvalue weighted by atomic mass is 10.2. The number of aryl methyl sites for hydroxylation is 1. The number of aromatic nitrogens is 4. The molecule has 7 nitrogen and oxygen atoms in total. The van der Waals surface area contributed by atoms with Crippen LogP contribution in [0.5, 0.6) is 0 Å². The molecule has 0 fully saturated rings. The molecule has 0 saturated carbocycles. The van der Waals surface area contributed by atoms with Crippen molar-refractivity contribution < 1.29 is 17.4 Å². The minimum Gasteiger partial charge on any atom is -0.282 e. The van der Waals surface area contributed by atoms with Gasteiger partial charge in [-0.1, -0.05) is 12.1 Å². The summed E-state index contributed by atoms with van der Waals surface area (Å²) in [7, 11) is -4.32. The number of nitrogens with zero attached hydrogens (tertiary/aromatic N) is 4. The van der Waals surface area contributed by atoms with Crippen LogP contribution in [0.3, 0.4) is 0 Å². The molecule has 0 atom stereocenters. The van der Waals surface area contributed by atoms with Gasteiger partial charge in [-0.2, -0.15) is 13.1 Å². The maximum absolute atomic E-state index is 13.4. The number of halogens is 1. The van der Waals surface area contributed by atoms with Crippen LogP contribution in [0.15, 0.2) is 47.5 Å². The smallest absolute Gasteiger partial charge is 0.282 e. The van der Waals surface area contributed by atoms with Crippen LogP contribution in [-0.4, -0.2) is 32.7 Å². The van der Waals surface area contributed by atoms with Crippen molar-refractivity contribution in [3.05, 3.63) is 54.2 Å². The van der Waals surface area contributed by atoms with Crippen LogP contribution in [0.2, 0.25) is 0 Å². The van der Waals surface area contributed by atoms with Crippen molar-refractivity contribution >= 4 is 10.1 Å². The van der Waals surface area contributed by atoms with Gasteiger partial charge in [0.05, 0.1) is 6.20 Å². The third-order valence-corrected chi connectivity index (χ3v) is 3.87. The Balaban J connectivity index is 2.11. The van der Waals surface area contributed by atoms with Crippen molar-refractivity contribution in [1.29, 1.82) is 0 Å². The van der Waals surface area contributed by atoms with Crippen LogP contribution in [0.25, 0.3) is 17.2 Å². The van der Waals surface area contributed by atoms with E-state index in [2.05, 4.69) is 15.1 Å². The first-order valence-electron chi connectivity index (χ1n) is 6.48. The average Bonchev–Trinajstić information content (AvgIpc) is 2.88. The van der Waals surface area contributed by atoms with E-state index in [9.17, 15) is 12.8 Å². The number of benzene rings is 1. The Hall–Kier alpha value is -2.65. The van der Waals surface area contributed by atoms with Gasteiger partial charge in [0.15, 0.2) is 11.6 Å². The van der Waals surface area contributed by atoms with E-state index in [1.54, 1.807) is 19.1 Å². The van der Waals surface area contributed by atoms with Crippen molar-refractivity contribution in [1.82, 2.24) is 19.7 Å². The summed E-state index contributed by atoms with van der Waals surface area (Å²) in [4.78, 5) is 7.88. The van der Waals surface area contributed by atoms with Gasteiger partial charge in [0.2, 0.25) is 0 Å². The molecule has 118 valence electrons. The van der Waals surface area contributed by atoms with Crippen LogP contribution in [-0.2, 0) is 10.1 Å². The lowest BCUT2D eigenvalue weighted by Gasteiger charge is -2.05. The van der Waals surface area contributed by atoms with E-state index in [-0.39, 0.29) is 10.7 Å². The molecule has 1 aromatic carbocycles. The summed E-state index contributed by atoms with van der Waals surface area (Å²) in [6.45, 7) is 1.67. The molecule has 0 spiro atoms. The zero-order chi connectivity index (χ0) is 16.6. The average molecular weight is 334 g/mol. The van der Waals surface area contributed by atoms with Crippen LogP contribution in [0, 0.1) is 12.7 Å². The van der Waals surface area contributed by atoms with E-state index in [1.807, 2.05) is 0 Å². The highest BCUT2D eigenvalue weighted by Gasteiger charge is 2.15. The maximum atomic E-state index is 13.4. The van der Waals surface area contributed by atoms with Crippen molar-refractivity contribution in [3.63, 3.8) is 0 Å². The first-order chi connectivity index (χ1) is 10.8. The third kappa shape index (κ3) is 3.10. The topological polar surface area (TPSA) is 98.0 Å². The number of pyridine rings is 1. The van der Waals surface area contributed by atoms with Gasteiger partial charge in [0.25, 0.3) is 10.1 Å². The Kier molecular flexibility index (Phi) is 3.66. The SMILES string of the molecule is Cc1nc(-c2cccc(F)c2)n(-c2ccc(S(=O)(=O)O)cn2)n1. The van der Waals surface area contributed by atoms with Gasteiger partial charge in [0.1, 0.15) is 16.5 Å². The predicted molar refractivity (Wildman–Crippen MR) is 79.1 cm³/mol.